The maximum atomic E-state index is 11.2. The molecule has 0 aromatic carbocycles. The zero-order chi connectivity index (χ0) is 26.6. The Labute approximate surface area is 201 Å². The number of hydrogen-bond acceptors (Lipinski definition) is 14. The molecular formula is C20H36O15. The molecular weight excluding hydrogens is 480 g/mol. The summed E-state index contributed by atoms with van der Waals surface area (Å²) < 4.78 is 26.3. The molecule has 15 nitrogen and oxygen atoms in total. The van der Waals surface area contributed by atoms with Crippen molar-refractivity contribution in [3.63, 3.8) is 0 Å². The Bertz CT molecular complexity index is 666. The summed E-state index contributed by atoms with van der Waals surface area (Å²) in [6.07, 6.45) is -22.1. The van der Waals surface area contributed by atoms with Crippen LogP contribution in [-0.4, -0.2) is 151 Å². The van der Waals surface area contributed by atoms with E-state index in [1.807, 2.05) is 0 Å². The molecule has 2 saturated heterocycles. The lowest BCUT2D eigenvalue weighted by Crippen LogP contribution is -2.62. The minimum absolute atomic E-state index is 0.153. The van der Waals surface area contributed by atoms with Crippen LogP contribution in [0.5, 0.6) is 0 Å². The predicted molar refractivity (Wildman–Crippen MR) is 111 cm³/mol. The van der Waals surface area contributed by atoms with Gasteiger partial charge < -0.3 is 69.6 Å². The normalized spacial score (nSPS) is 41.7. The molecule has 2 fully saturated rings. The van der Waals surface area contributed by atoms with E-state index in [1.165, 1.54) is 14.0 Å². The van der Waals surface area contributed by atoms with Crippen LogP contribution < -0.4 is 0 Å². The fraction of sp³-hybridized carbons (Fsp3) is 0.950. The van der Waals surface area contributed by atoms with E-state index in [2.05, 4.69) is 0 Å². The maximum absolute atomic E-state index is 11.2. The lowest BCUT2D eigenvalue weighted by molar-refractivity contribution is -0.337. The largest absolute Gasteiger partial charge is 0.479 e. The Hall–Kier alpha value is -1.05. The first kappa shape index (κ1) is 30.2. The van der Waals surface area contributed by atoms with Gasteiger partial charge in [-0.05, 0) is 13.3 Å². The number of hydrogen-bond donors (Lipinski definition) is 9. The van der Waals surface area contributed by atoms with Crippen molar-refractivity contribution < 1.29 is 74.4 Å². The van der Waals surface area contributed by atoms with E-state index in [0.29, 0.717) is 0 Å². The van der Waals surface area contributed by atoms with Crippen LogP contribution in [0.15, 0.2) is 0 Å². The molecule has 206 valence electrons. The fourth-order valence-corrected chi connectivity index (χ4v) is 3.77. The molecule has 0 spiro atoms. The number of carbonyl (C=O) groups is 1. The second-order valence-corrected chi connectivity index (χ2v) is 8.59. The average Bonchev–Trinajstić information content (AvgIpc) is 2.84. The molecule has 2 aliphatic heterocycles. The first-order chi connectivity index (χ1) is 16.3. The summed E-state index contributed by atoms with van der Waals surface area (Å²) in [6, 6.07) is 0. The molecule has 15 heteroatoms. The van der Waals surface area contributed by atoms with Crippen LogP contribution in [-0.2, 0) is 28.5 Å². The molecule has 0 saturated carbocycles. The Morgan fingerprint density at radius 1 is 0.857 bits per heavy atom. The van der Waals surface area contributed by atoms with Gasteiger partial charge >= 0.3 is 5.97 Å². The Morgan fingerprint density at radius 3 is 1.97 bits per heavy atom. The summed E-state index contributed by atoms with van der Waals surface area (Å²) in [7, 11) is 1.34. The number of ether oxygens (including phenoxy) is 5. The first-order valence-electron chi connectivity index (χ1n) is 11.1. The lowest BCUT2D eigenvalue weighted by Gasteiger charge is -2.43. The van der Waals surface area contributed by atoms with E-state index >= 15 is 0 Å². The van der Waals surface area contributed by atoms with Gasteiger partial charge in [0.05, 0.1) is 18.8 Å². The molecule has 0 aliphatic carbocycles. The van der Waals surface area contributed by atoms with Gasteiger partial charge in [0.15, 0.2) is 18.7 Å². The van der Waals surface area contributed by atoms with E-state index in [0.717, 1.165) is 0 Å². The first-order valence-corrected chi connectivity index (χ1v) is 11.1. The van der Waals surface area contributed by atoms with Gasteiger partial charge in [-0.1, -0.05) is 6.92 Å². The standard InChI is InChI=1S/C20H36O15/c1-4-7(10(22)9(21)6(2)31-3)33-20-16(28)12(24)11(23)8(34-20)5-32-19-15(27)13(25)14(26)17(35-19)18(29)30/h6-17,19-28H,4-5H2,1-3H3,(H,29,30). The Morgan fingerprint density at radius 2 is 1.43 bits per heavy atom. The van der Waals surface area contributed by atoms with Crippen LogP contribution >= 0.6 is 0 Å². The minimum Gasteiger partial charge on any atom is -0.479 e. The zero-order valence-corrected chi connectivity index (χ0v) is 19.5. The van der Waals surface area contributed by atoms with E-state index < -0.39 is 98.4 Å². The highest BCUT2D eigenvalue weighted by atomic mass is 16.7. The van der Waals surface area contributed by atoms with Crippen LogP contribution in [0.4, 0.5) is 0 Å². The summed E-state index contributed by atoms with van der Waals surface area (Å²) >= 11 is 0. The highest BCUT2D eigenvalue weighted by molar-refractivity contribution is 5.73. The third-order valence-corrected chi connectivity index (χ3v) is 6.20. The van der Waals surface area contributed by atoms with Gasteiger partial charge in [-0.3, -0.25) is 0 Å². The highest BCUT2D eigenvalue weighted by Gasteiger charge is 2.50. The second-order valence-electron chi connectivity index (χ2n) is 8.59. The van der Waals surface area contributed by atoms with Gasteiger partial charge in [0.1, 0.15) is 54.9 Å². The monoisotopic (exact) mass is 516 g/mol. The molecule has 0 bridgehead atoms. The number of aliphatic carboxylic acids is 1. The minimum atomic E-state index is -1.93. The third-order valence-electron chi connectivity index (χ3n) is 6.20. The average molecular weight is 516 g/mol. The lowest BCUT2D eigenvalue weighted by atomic mass is 9.97. The molecule has 35 heavy (non-hydrogen) atoms. The molecule has 2 heterocycles. The topological polar surface area (TPSA) is 245 Å². The van der Waals surface area contributed by atoms with Gasteiger partial charge in [0.25, 0.3) is 0 Å². The zero-order valence-electron chi connectivity index (χ0n) is 19.5. The summed E-state index contributed by atoms with van der Waals surface area (Å²) in [5.41, 5.74) is 0. The predicted octanol–water partition coefficient (Wildman–Crippen LogP) is -4.75. The molecule has 0 aromatic rings. The number of aliphatic hydroxyl groups excluding tert-OH is 8. The Balaban J connectivity index is 2.07. The van der Waals surface area contributed by atoms with Crippen molar-refractivity contribution in [2.75, 3.05) is 13.7 Å². The van der Waals surface area contributed by atoms with Crippen molar-refractivity contribution >= 4 is 5.97 Å². The van der Waals surface area contributed by atoms with E-state index in [4.69, 9.17) is 28.8 Å². The SMILES string of the molecule is CCC(OC1OC(COC2OC(C(=O)O)C(O)C(O)C2O)C(O)C(O)C1O)C(O)C(O)C(C)OC. The van der Waals surface area contributed by atoms with E-state index in [1.54, 1.807) is 6.92 Å². The Kier molecular flexibility index (Phi) is 11.2. The number of carboxylic acid groups (broad SMARTS) is 1. The van der Waals surface area contributed by atoms with Crippen molar-refractivity contribution in [1.29, 1.82) is 0 Å². The van der Waals surface area contributed by atoms with Crippen molar-refractivity contribution in [2.45, 2.75) is 106 Å². The number of rotatable bonds is 11. The molecule has 0 amide bonds. The highest BCUT2D eigenvalue weighted by Crippen LogP contribution is 2.27. The van der Waals surface area contributed by atoms with Crippen LogP contribution in [0.2, 0.25) is 0 Å². The van der Waals surface area contributed by atoms with Gasteiger partial charge in [-0.15, -0.1) is 0 Å². The van der Waals surface area contributed by atoms with Gasteiger partial charge in [0, 0.05) is 7.11 Å². The van der Waals surface area contributed by atoms with Crippen molar-refractivity contribution in [1.82, 2.24) is 0 Å². The molecule has 2 rings (SSSR count). The smallest absolute Gasteiger partial charge is 0.335 e. The van der Waals surface area contributed by atoms with Crippen LogP contribution in [0.1, 0.15) is 20.3 Å². The van der Waals surface area contributed by atoms with Gasteiger partial charge in [-0.2, -0.15) is 0 Å². The molecule has 2 aliphatic rings. The molecule has 0 radical (unpaired) electrons. The third kappa shape index (κ3) is 6.84. The van der Waals surface area contributed by atoms with Gasteiger partial charge in [-0.25, -0.2) is 4.79 Å². The number of carboxylic acids is 1. The summed E-state index contributed by atoms with van der Waals surface area (Å²) in [5.74, 6) is -1.62. The summed E-state index contributed by atoms with van der Waals surface area (Å²) in [5, 5.41) is 90.2. The van der Waals surface area contributed by atoms with E-state index in [9.17, 15) is 45.6 Å². The molecule has 14 atom stereocenters. The van der Waals surface area contributed by atoms with Crippen LogP contribution in [0.25, 0.3) is 0 Å². The van der Waals surface area contributed by atoms with Crippen molar-refractivity contribution in [3.05, 3.63) is 0 Å². The number of methoxy groups -OCH3 is 1. The molecule has 14 unspecified atom stereocenters. The van der Waals surface area contributed by atoms with Crippen molar-refractivity contribution in [2.24, 2.45) is 0 Å². The quantitative estimate of drug-likeness (QED) is 0.125. The number of aliphatic hydroxyl groups is 8. The fourth-order valence-electron chi connectivity index (χ4n) is 3.77. The summed E-state index contributed by atoms with van der Waals surface area (Å²) in [6.45, 7) is 2.51. The summed E-state index contributed by atoms with van der Waals surface area (Å²) in [4.78, 5) is 11.2. The second kappa shape index (κ2) is 13.0. The van der Waals surface area contributed by atoms with Crippen LogP contribution in [0.3, 0.4) is 0 Å². The molecule has 0 aromatic heterocycles. The van der Waals surface area contributed by atoms with Gasteiger partial charge in [0.2, 0.25) is 0 Å². The maximum Gasteiger partial charge on any atom is 0.335 e. The van der Waals surface area contributed by atoms with Crippen molar-refractivity contribution in [3.8, 4) is 0 Å². The van der Waals surface area contributed by atoms with E-state index in [-0.39, 0.29) is 6.42 Å². The van der Waals surface area contributed by atoms with Crippen LogP contribution in [0, 0.1) is 0 Å². The molecule has 9 N–H and O–H groups in total.